The number of carbonyl (C=O) groups excluding carboxylic acids is 1. The molecule has 1 aliphatic heterocycles. The van der Waals surface area contributed by atoms with Crippen molar-refractivity contribution in [2.75, 3.05) is 23.3 Å². The highest BCUT2D eigenvalue weighted by molar-refractivity contribution is 6.08. The van der Waals surface area contributed by atoms with Crippen molar-refractivity contribution in [2.24, 2.45) is 5.92 Å². The van der Waals surface area contributed by atoms with E-state index in [1.165, 1.54) is 12.1 Å². The Morgan fingerprint density at radius 2 is 1.50 bits per heavy atom. The molecule has 2 N–H and O–H groups in total. The van der Waals surface area contributed by atoms with Crippen LogP contribution < -0.4 is 10.2 Å². The quantitative estimate of drug-likeness (QED) is 0.487. The molecule has 3 aromatic carbocycles. The molecule has 0 bridgehead atoms. The zero-order chi connectivity index (χ0) is 24.3. The number of aliphatic carboxylic acids is 1. The lowest BCUT2D eigenvalue weighted by atomic mass is 9.97. The Hall–Kier alpha value is -3.81. The molecule has 34 heavy (non-hydrogen) atoms. The number of hydrogen-bond acceptors (Lipinski definition) is 3. The number of nitrogens with zero attached hydrogens (tertiary/aromatic N) is 1. The van der Waals surface area contributed by atoms with E-state index >= 15 is 0 Å². The maximum Gasteiger partial charge on any atom is 0.416 e. The predicted octanol–water partition coefficient (Wildman–Crippen LogP) is 5.93. The van der Waals surface area contributed by atoms with Crippen LogP contribution in [0.25, 0.3) is 11.1 Å². The molecule has 1 aliphatic rings. The highest BCUT2D eigenvalue weighted by atomic mass is 19.4. The Labute approximate surface area is 194 Å². The van der Waals surface area contributed by atoms with Crippen molar-refractivity contribution < 1.29 is 27.9 Å². The van der Waals surface area contributed by atoms with Crippen LogP contribution in [0.4, 0.5) is 24.5 Å². The summed E-state index contributed by atoms with van der Waals surface area (Å²) in [7, 11) is 0. The summed E-state index contributed by atoms with van der Waals surface area (Å²) in [4.78, 5) is 26.2. The average Bonchev–Trinajstić information content (AvgIpc) is 2.84. The van der Waals surface area contributed by atoms with Crippen molar-refractivity contribution in [3.63, 3.8) is 0 Å². The lowest BCUT2D eigenvalue weighted by Crippen LogP contribution is -2.36. The van der Waals surface area contributed by atoms with Crippen molar-refractivity contribution in [2.45, 2.75) is 19.0 Å². The van der Waals surface area contributed by atoms with Gasteiger partial charge in [-0.2, -0.15) is 13.2 Å². The van der Waals surface area contributed by atoms with Gasteiger partial charge in [-0.05, 0) is 66.4 Å². The van der Waals surface area contributed by atoms with E-state index in [9.17, 15) is 22.8 Å². The predicted molar refractivity (Wildman–Crippen MR) is 124 cm³/mol. The summed E-state index contributed by atoms with van der Waals surface area (Å²) in [6.45, 7) is 1.31. The van der Waals surface area contributed by atoms with Crippen molar-refractivity contribution in [3.8, 4) is 11.1 Å². The van der Waals surface area contributed by atoms with E-state index in [4.69, 9.17) is 5.11 Å². The minimum absolute atomic E-state index is 0.306. The molecular weight excluding hydrogens is 445 g/mol. The molecule has 3 aromatic rings. The van der Waals surface area contributed by atoms with Gasteiger partial charge >= 0.3 is 12.1 Å². The number of hydrogen-bond donors (Lipinski definition) is 2. The standard InChI is InChI=1S/C26H23F3N2O3/c27-26(28,29)19-7-5-17(6-8-19)22-3-1-2-4-23(22)24(32)30-20-9-11-21(12-10-20)31-15-13-18(14-16-31)25(33)34/h1-12,18H,13-16H2,(H,30,32)(H,33,34). The molecule has 1 saturated heterocycles. The molecule has 0 saturated carbocycles. The topological polar surface area (TPSA) is 69.6 Å². The molecular formula is C26H23F3N2O3. The lowest BCUT2D eigenvalue weighted by molar-refractivity contribution is -0.142. The van der Waals surface area contributed by atoms with E-state index in [0.717, 1.165) is 17.8 Å². The first-order valence-corrected chi connectivity index (χ1v) is 10.9. The molecule has 0 atom stereocenters. The van der Waals surface area contributed by atoms with Crippen LogP contribution in [-0.4, -0.2) is 30.1 Å². The Bertz CT molecular complexity index is 1170. The van der Waals surface area contributed by atoms with Gasteiger partial charge in [0.25, 0.3) is 5.91 Å². The number of benzene rings is 3. The molecule has 176 valence electrons. The van der Waals surface area contributed by atoms with Gasteiger partial charge in [0, 0.05) is 30.0 Å². The van der Waals surface area contributed by atoms with Gasteiger partial charge in [-0.3, -0.25) is 9.59 Å². The largest absolute Gasteiger partial charge is 0.481 e. The van der Waals surface area contributed by atoms with Crippen LogP contribution in [0.3, 0.4) is 0 Å². The fourth-order valence-corrected chi connectivity index (χ4v) is 4.11. The summed E-state index contributed by atoms with van der Waals surface area (Å²) in [5.41, 5.74) is 2.18. The van der Waals surface area contributed by atoms with Gasteiger partial charge in [-0.15, -0.1) is 0 Å². The van der Waals surface area contributed by atoms with E-state index < -0.39 is 17.7 Å². The van der Waals surface area contributed by atoms with Crippen LogP contribution in [-0.2, 0) is 11.0 Å². The smallest absolute Gasteiger partial charge is 0.416 e. The number of carboxylic acid groups (broad SMARTS) is 1. The first-order chi connectivity index (χ1) is 16.2. The molecule has 0 aromatic heterocycles. The maximum absolute atomic E-state index is 13.0. The molecule has 0 unspecified atom stereocenters. The molecule has 4 rings (SSSR count). The lowest BCUT2D eigenvalue weighted by Gasteiger charge is -2.32. The summed E-state index contributed by atoms with van der Waals surface area (Å²) >= 11 is 0. The first kappa shape index (κ1) is 23.4. The second-order valence-electron chi connectivity index (χ2n) is 8.22. The Morgan fingerprint density at radius 1 is 0.882 bits per heavy atom. The summed E-state index contributed by atoms with van der Waals surface area (Å²) in [6, 6.07) is 18.8. The van der Waals surface area contributed by atoms with Crippen molar-refractivity contribution >= 4 is 23.3 Å². The van der Waals surface area contributed by atoms with E-state index in [0.29, 0.717) is 48.3 Å². The van der Waals surface area contributed by atoms with Gasteiger partial charge < -0.3 is 15.3 Å². The number of carboxylic acids is 1. The van der Waals surface area contributed by atoms with Gasteiger partial charge in [-0.1, -0.05) is 30.3 Å². The average molecular weight is 468 g/mol. The van der Waals surface area contributed by atoms with Crippen LogP contribution in [0.2, 0.25) is 0 Å². The first-order valence-electron chi connectivity index (χ1n) is 10.9. The summed E-state index contributed by atoms with van der Waals surface area (Å²) in [5.74, 6) is -1.43. The fraction of sp³-hybridized carbons (Fsp3) is 0.231. The number of anilines is 2. The third-order valence-electron chi connectivity index (χ3n) is 6.03. The van der Waals surface area contributed by atoms with Gasteiger partial charge in [0.15, 0.2) is 0 Å². The van der Waals surface area contributed by atoms with Crippen molar-refractivity contribution in [1.29, 1.82) is 0 Å². The maximum atomic E-state index is 13.0. The van der Waals surface area contributed by atoms with Gasteiger partial charge in [0.1, 0.15) is 0 Å². The molecule has 1 amide bonds. The zero-order valence-electron chi connectivity index (χ0n) is 18.2. The number of nitrogens with one attached hydrogen (secondary N) is 1. The minimum atomic E-state index is -4.42. The Balaban J connectivity index is 1.46. The summed E-state index contributed by atoms with van der Waals surface area (Å²) in [6.07, 6.45) is -3.24. The van der Waals surface area contributed by atoms with Crippen LogP contribution in [0.1, 0.15) is 28.8 Å². The third kappa shape index (κ3) is 5.22. The summed E-state index contributed by atoms with van der Waals surface area (Å²) in [5, 5.41) is 12.0. The van der Waals surface area contributed by atoms with E-state index in [1.54, 1.807) is 36.4 Å². The second kappa shape index (κ2) is 9.59. The van der Waals surface area contributed by atoms with Gasteiger partial charge in [-0.25, -0.2) is 0 Å². The number of halogens is 3. The second-order valence-corrected chi connectivity index (χ2v) is 8.22. The number of piperidine rings is 1. The molecule has 1 fully saturated rings. The number of amides is 1. The van der Waals surface area contributed by atoms with Crippen molar-refractivity contribution in [3.05, 3.63) is 83.9 Å². The van der Waals surface area contributed by atoms with E-state index in [-0.39, 0.29) is 11.8 Å². The van der Waals surface area contributed by atoms with Crippen molar-refractivity contribution in [1.82, 2.24) is 0 Å². The van der Waals surface area contributed by atoms with Gasteiger partial charge in [0.05, 0.1) is 11.5 Å². The Kier molecular flexibility index (Phi) is 6.58. The normalized spacial score (nSPS) is 14.6. The number of alkyl halides is 3. The SMILES string of the molecule is O=C(Nc1ccc(N2CCC(C(=O)O)CC2)cc1)c1ccccc1-c1ccc(C(F)(F)F)cc1. The van der Waals surface area contributed by atoms with E-state index in [1.807, 2.05) is 12.1 Å². The highest BCUT2D eigenvalue weighted by Crippen LogP contribution is 2.32. The molecule has 5 nitrogen and oxygen atoms in total. The molecule has 0 spiro atoms. The fourth-order valence-electron chi connectivity index (χ4n) is 4.11. The minimum Gasteiger partial charge on any atom is -0.481 e. The molecule has 1 heterocycles. The van der Waals surface area contributed by atoms with Crippen LogP contribution in [0, 0.1) is 5.92 Å². The van der Waals surface area contributed by atoms with Gasteiger partial charge in [0.2, 0.25) is 0 Å². The third-order valence-corrected chi connectivity index (χ3v) is 6.03. The number of rotatable bonds is 5. The number of carbonyl (C=O) groups is 2. The highest BCUT2D eigenvalue weighted by Gasteiger charge is 2.30. The molecule has 8 heteroatoms. The monoisotopic (exact) mass is 468 g/mol. The van der Waals surface area contributed by atoms with Crippen LogP contribution in [0.5, 0.6) is 0 Å². The Morgan fingerprint density at radius 3 is 2.09 bits per heavy atom. The molecule has 0 aliphatic carbocycles. The zero-order valence-corrected chi connectivity index (χ0v) is 18.2. The van der Waals surface area contributed by atoms with Crippen LogP contribution >= 0.6 is 0 Å². The van der Waals surface area contributed by atoms with E-state index in [2.05, 4.69) is 10.2 Å². The molecule has 0 radical (unpaired) electrons. The van der Waals surface area contributed by atoms with Crippen LogP contribution in [0.15, 0.2) is 72.8 Å². The summed E-state index contributed by atoms with van der Waals surface area (Å²) < 4.78 is 38.6.